The smallest absolute Gasteiger partial charge is 0.296 e. The van der Waals surface area contributed by atoms with Crippen LogP contribution in [0.15, 0.2) is 72.8 Å². The number of aromatic nitrogens is 1. The van der Waals surface area contributed by atoms with Gasteiger partial charge in [-0.25, -0.2) is 8.78 Å². The quantitative estimate of drug-likeness (QED) is 0.378. The highest BCUT2D eigenvalue weighted by atomic mass is 19.1. The molecule has 0 saturated carbocycles. The van der Waals surface area contributed by atoms with E-state index in [9.17, 15) is 18.4 Å². The number of ketones is 1. The molecule has 2 N–H and O–H groups in total. The Balaban J connectivity index is 1.69. The summed E-state index contributed by atoms with van der Waals surface area (Å²) in [6, 6.07) is 18.3. The van der Waals surface area contributed by atoms with Crippen molar-refractivity contribution in [2.24, 2.45) is 0 Å². The van der Waals surface area contributed by atoms with Gasteiger partial charge < -0.3 is 10.3 Å². The first-order chi connectivity index (χ1) is 14.0. The summed E-state index contributed by atoms with van der Waals surface area (Å²) in [5.41, 5.74) is 2.68. The van der Waals surface area contributed by atoms with Gasteiger partial charge in [-0.15, -0.1) is 0 Å². The van der Waals surface area contributed by atoms with Gasteiger partial charge in [0.2, 0.25) is 0 Å². The lowest BCUT2D eigenvalue weighted by Crippen LogP contribution is -2.23. The Morgan fingerprint density at radius 2 is 1.45 bits per heavy atom. The lowest BCUT2D eigenvalue weighted by molar-refractivity contribution is -0.112. The van der Waals surface area contributed by atoms with Crippen molar-refractivity contribution >= 4 is 28.3 Å². The van der Waals surface area contributed by atoms with Gasteiger partial charge in [0.05, 0.1) is 5.56 Å². The number of halogens is 2. The molecular weight excluding hydrogens is 374 g/mol. The van der Waals surface area contributed by atoms with Crippen LogP contribution in [-0.4, -0.2) is 16.7 Å². The molecule has 0 bridgehead atoms. The minimum Gasteiger partial charge on any atom is -0.357 e. The molecule has 0 aliphatic carbocycles. The molecule has 0 saturated heterocycles. The van der Waals surface area contributed by atoms with Crippen LogP contribution < -0.4 is 5.32 Å². The van der Waals surface area contributed by atoms with E-state index in [4.69, 9.17) is 0 Å². The second kappa shape index (κ2) is 7.67. The van der Waals surface area contributed by atoms with Gasteiger partial charge in [0, 0.05) is 28.7 Å². The number of hydrogen-bond donors (Lipinski definition) is 2. The number of hydrogen-bond acceptors (Lipinski definition) is 2. The predicted molar refractivity (Wildman–Crippen MR) is 107 cm³/mol. The van der Waals surface area contributed by atoms with Crippen LogP contribution >= 0.6 is 0 Å². The summed E-state index contributed by atoms with van der Waals surface area (Å²) in [4.78, 5) is 28.8. The third-order valence-corrected chi connectivity index (χ3v) is 4.61. The van der Waals surface area contributed by atoms with Crippen LogP contribution in [0, 0.1) is 11.6 Å². The molecule has 0 atom stereocenters. The van der Waals surface area contributed by atoms with Crippen molar-refractivity contribution in [3.05, 3.63) is 101 Å². The number of rotatable bonds is 5. The summed E-state index contributed by atoms with van der Waals surface area (Å²) >= 11 is 0. The molecule has 0 radical (unpaired) electrons. The van der Waals surface area contributed by atoms with Crippen LogP contribution in [0.25, 0.3) is 10.9 Å². The van der Waals surface area contributed by atoms with E-state index in [0.717, 1.165) is 11.1 Å². The number of para-hydroxylation sites is 1. The Bertz CT molecular complexity index is 1200. The van der Waals surface area contributed by atoms with Crippen molar-refractivity contribution in [1.82, 2.24) is 4.98 Å². The number of benzene rings is 3. The molecule has 1 heterocycles. The summed E-state index contributed by atoms with van der Waals surface area (Å²) in [6.45, 7) is 0. The first-order valence-electron chi connectivity index (χ1n) is 8.96. The van der Waals surface area contributed by atoms with Crippen LogP contribution in [-0.2, 0) is 11.2 Å². The van der Waals surface area contributed by atoms with Crippen molar-refractivity contribution in [1.29, 1.82) is 0 Å². The number of amides is 1. The minimum atomic E-state index is -0.818. The fourth-order valence-electron chi connectivity index (χ4n) is 3.23. The number of fused-ring (bicyclic) bond motifs is 1. The first kappa shape index (κ1) is 18.6. The van der Waals surface area contributed by atoms with Gasteiger partial charge in [0.1, 0.15) is 11.6 Å². The second-order valence-corrected chi connectivity index (χ2v) is 6.62. The molecule has 4 rings (SSSR count). The second-order valence-electron chi connectivity index (χ2n) is 6.62. The number of anilines is 1. The van der Waals surface area contributed by atoms with Crippen molar-refractivity contribution < 1.29 is 18.4 Å². The lowest BCUT2D eigenvalue weighted by atomic mass is 10.0. The van der Waals surface area contributed by atoms with Gasteiger partial charge in [-0.3, -0.25) is 9.59 Å². The monoisotopic (exact) mass is 390 g/mol. The maximum absolute atomic E-state index is 13.2. The zero-order valence-electron chi connectivity index (χ0n) is 15.2. The molecule has 0 spiro atoms. The molecule has 4 nitrogen and oxygen atoms in total. The average Bonchev–Trinajstić information content (AvgIpc) is 3.08. The van der Waals surface area contributed by atoms with Crippen molar-refractivity contribution in [2.45, 2.75) is 6.42 Å². The SMILES string of the molecule is O=C(Nc1ccc(F)cc1)C(=O)c1c(Cc2ccc(F)cc2)[nH]c2ccccc12. The zero-order valence-corrected chi connectivity index (χ0v) is 15.2. The summed E-state index contributed by atoms with van der Waals surface area (Å²) in [5, 5.41) is 3.13. The first-order valence-corrected chi connectivity index (χ1v) is 8.96. The number of Topliss-reactive ketones (excluding diaryl/α,β-unsaturated/α-hetero) is 1. The number of H-pyrrole nitrogens is 1. The third kappa shape index (κ3) is 3.91. The van der Waals surface area contributed by atoms with Crippen LogP contribution in [0.4, 0.5) is 14.5 Å². The van der Waals surface area contributed by atoms with Crippen molar-refractivity contribution in [3.63, 3.8) is 0 Å². The fraction of sp³-hybridized carbons (Fsp3) is 0.0435. The fourth-order valence-corrected chi connectivity index (χ4v) is 3.23. The molecule has 0 aliphatic rings. The Kier molecular flexibility index (Phi) is 4.91. The van der Waals surface area contributed by atoms with Gasteiger partial charge >= 0.3 is 0 Å². The lowest BCUT2D eigenvalue weighted by Gasteiger charge is -2.07. The van der Waals surface area contributed by atoms with E-state index >= 15 is 0 Å². The summed E-state index contributed by atoms with van der Waals surface area (Å²) in [7, 11) is 0. The Morgan fingerprint density at radius 3 is 2.14 bits per heavy atom. The zero-order chi connectivity index (χ0) is 20.4. The van der Waals surface area contributed by atoms with E-state index < -0.39 is 17.5 Å². The molecule has 1 amide bonds. The van der Waals surface area contributed by atoms with E-state index in [1.807, 2.05) is 12.1 Å². The number of aromatic amines is 1. The maximum atomic E-state index is 13.2. The standard InChI is InChI=1S/C23H16F2N2O2/c24-15-7-5-14(6-8-15)13-20-21(18-3-1-2-4-19(18)27-20)22(28)23(29)26-17-11-9-16(25)10-12-17/h1-12,27H,13H2,(H,26,29). The predicted octanol–water partition coefficient (Wildman–Crippen LogP) is 4.86. The molecule has 29 heavy (non-hydrogen) atoms. The molecule has 0 fully saturated rings. The number of nitrogens with one attached hydrogen (secondary N) is 2. The van der Waals surface area contributed by atoms with E-state index in [1.165, 1.54) is 36.4 Å². The molecule has 4 aromatic rings. The van der Waals surface area contributed by atoms with Crippen LogP contribution in [0.5, 0.6) is 0 Å². The molecule has 6 heteroatoms. The molecule has 144 valence electrons. The topological polar surface area (TPSA) is 62.0 Å². The molecule has 0 unspecified atom stereocenters. The average molecular weight is 390 g/mol. The van der Waals surface area contributed by atoms with Crippen LogP contribution in [0.3, 0.4) is 0 Å². The Hall–Kier alpha value is -3.80. The molecular formula is C23H16F2N2O2. The van der Waals surface area contributed by atoms with Crippen LogP contribution in [0.2, 0.25) is 0 Å². The van der Waals surface area contributed by atoms with E-state index in [-0.39, 0.29) is 11.4 Å². The normalized spacial score (nSPS) is 10.8. The number of carbonyl (C=O) groups is 2. The molecule has 1 aromatic heterocycles. The third-order valence-electron chi connectivity index (χ3n) is 4.61. The van der Waals surface area contributed by atoms with Gasteiger partial charge in [-0.2, -0.15) is 0 Å². The van der Waals surface area contributed by atoms with Gasteiger partial charge in [-0.05, 0) is 48.0 Å². The number of carbonyl (C=O) groups excluding carboxylic acids is 2. The highest BCUT2D eigenvalue weighted by Gasteiger charge is 2.24. The summed E-state index contributed by atoms with van der Waals surface area (Å²) < 4.78 is 26.3. The Labute approximate surface area is 165 Å². The van der Waals surface area contributed by atoms with E-state index in [2.05, 4.69) is 10.3 Å². The minimum absolute atomic E-state index is 0.268. The van der Waals surface area contributed by atoms with Gasteiger partial charge in [-0.1, -0.05) is 30.3 Å². The van der Waals surface area contributed by atoms with Crippen molar-refractivity contribution in [2.75, 3.05) is 5.32 Å². The molecule has 0 aliphatic heterocycles. The molecule has 3 aromatic carbocycles. The highest BCUT2D eigenvalue weighted by Crippen LogP contribution is 2.25. The Morgan fingerprint density at radius 1 is 0.828 bits per heavy atom. The van der Waals surface area contributed by atoms with Crippen molar-refractivity contribution in [3.8, 4) is 0 Å². The van der Waals surface area contributed by atoms with E-state index in [0.29, 0.717) is 23.2 Å². The summed E-state index contributed by atoms with van der Waals surface area (Å²) in [6.07, 6.45) is 0.333. The van der Waals surface area contributed by atoms with Gasteiger partial charge in [0.25, 0.3) is 11.7 Å². The maximum Gasteiger partial charge on any atom is 0.296 e. The highest BCUT2D eigenvalue weighted by molar-refractivity contribution is 6.48. The largest absolute Gasteiger partial charge is 0.357 e. The van der Waals surface area contributed by atoms with Crippen LogP contribution in [0.1, 0.15) is 21.6 Å². The van der Waals surface area contributed by atoms with E-state index in [1.54, 1.807) is 24.3 Å². The van der Waals surface area contributed by atoms with Gasteiger partial charge in [0.15, 0.2) is 0 Å². The summed E-state index contributed by atoms with van der Waals surface area (Å²) in [5.74, 6) is -2.31.